The number of esters is 1. The van der Waals surface area contributed by atoms with E-state index in [1.807, 2.05) is 6.92 Å². The Morgan fingerprint density at radius 2 is 2.13 bits per heavy atom. The summed E-state index contributed by atoms with van der Waals surface area (Å²) in [6.45, 7) is 5.37. The molecule has 1 saturated heterocycles. The molecule has 0 saturated carbocycles. The fraction of sp³-hybridized carbons (Fsp3) is 0.818. The maximum absolute atomic E-state index is 11.5. The second kappa shape index (κ2) is 5.73. The summed E-state index contributed by atoms with van der Waals surface area (Å²) in [6, 6.07) is 0. The van der Waals surface area contributed by atoms with Crippen molar-refractivity contribution in [1.82, 2.24) is 4.90 Å². The monoisotopic (exact) mass is 213 g/mol. The fourth-order valence-electron chi connectivity index (χ4n) is 1.88. The second-order valence-electron chi connectivity index (χ2n) is 3.78. The van der Waals surface area contributed by atoms with Crippen LogP contribution in [0, 0.1) is 5.92 Å². The third kappa shape index (κ3) is 3.22. The Morgan fingerprint density at radius 3 is 2.73 bits per heavy atom. The van der Waals surface area contributed by atoms with E-state index in [2.05, 4.69) is 0 Å². The molecule has 4 heteroatoms. The highest BCUT2D eigenvalue weighted by molar-refractivity contribution is 5.78. The van der Waals surface area contributed by atoms with Gasteiger partial charge in [0.2, 0.25) is 5.91 Å². The van der Waals surface area contributed by atoms with Gasteiger partial charge in [0.05, 0.1) is 12.5 Å². The molecule has 0 bridgehead atoms. The highest BCUT2D eigenvalue weighted by Gasteiger charge is 2.28. The van der Waals surface area contributed by atoms with Crippen molar-refractivity contribution in [3.05, 3.63) is 0 Å². The zero-order valence-corrected chi connectivity index (χ0v) is 9.49. The summed E-state index contributed by atoms with van der Waals surface area (Å²) in [6.07, 6.45) is 2.25. The third-order valence-corrected chi connectivity index (χ3v) is 2.70. The van der Waals surface area contributed by atoms with E-state index in [1.54, 1.807) is 11.8 Å². The van der Waals surface area contributed by atoms with E-state index < -0.39 is 0 Å². The van der Waals surface area contributed by atoms with E-state index in [1.165, 1.54) is 0 Å². The van der Waals surface area contributed by atoms with Gasteiger partial charge < -0.3 is 9.64 Å². The summed E-state index contributed by atoms with van der Waals surface area (Å²) in [7, 11) is 0. The number of rotatable bonds is 3. The maximum atomic E-state index is 11.5. The summed E-state index contributed by atoms with van der Waals surface area (Å²) >= 11 is 0. The van der Waals surface area contributed by atoms with E-state index >= 15 is 0 Å². The Bertz CT molecular complexity index is 240. The summed E-state index contributed by atoms with van der Waals surface area (Å²) in [4.78, 5) is 24.7. The van der Waals surface area contributed by atoms with Crippen molar-refractivity contribution in [3.63, 3.8) is 0 Å². The van der Waals surface area contributed by atoms with Crippen molar-refractivity contribution in [3.8, 4) is 0 Å². The number of nitrogens with zero attached hydrogens (tertiary/aromatic N) is 1. The average molecular weight is 213 g/mol. The predicted molar refractivity (Wildman–Crippen MR) is 56.2 cm³/mol. The summed E-state index contributed by atoms with van der Waals surface area (Å²) in [5.41, 5.74) is 0. The normalized spacial score (nSPS) is 21.2. The molecule has 15 heavy (non-hydrogen) atoms. The SMILES string of the molecule is CCOC(=O)[C@@H]1CCCN(C(=O)CC)C1. The highest BCUT2D eigenvalue weighted by Crippen LogP contribution is 2.18. The first-order valence-corrected chi connectivity index (χ1v) is 5.63. The molecule has 0 radical (unpaired) electrons. The number of ether oxygens (including phenoxy) is 1. The molecule has 1 amide bonds. The number of carbonyl (C=O) groups is 2. The lowest BCUT2D eigenvalue weighted by molar-refractivity contribution is -0.151. The third-order valence-electron chi connectivity index (χ3n) is 2.70. The minimum absolute atomic E-state index is 0.116. The number of hydrogen-bond donors (Lipinski definition) is 0. The summed E-state index contributed by atoms with van der Waals surface area (Å²) in [5, 5.41) is 0. The van der Waals surface area contributed by atoms with Crippen molar-refractivity contribution in [2.75, 3.05) is 19.7 Å². The Kier molecular flexibility index (Phi) is 4.59. The zero-order chi connectivity index (χ0) is 11.3. The minimum atomic E-state index is -0.161. The lowest BCUT2D eigenvalue weighted by Crippen LogP contribution is -2.42. The largest absolute Gasteiger partial charge is 0.466 e. The van der Waals surface area contributed by atoms with E-state index in [4.69, 9.17) is 4.74 Å². The van der Waals surface area contributed by atoms with E-state index in [-0.39, 0.29) is 17.8 Å². The van der Waals surface area contributed by atoms with E-state index in [0.29, 0.717) is 19.6 Å². The van der Waals surface area contributed by atoms with Crippen molar-refractivity contribution < 1.29 is 14.3 Å². The Balaban J connectivity index is 2.48. The molecule has 1 atom stereocenters. The fourth-order valence-corrected chi connectivity index (χ4v) is 1.88. The number of hydrogen-bond acceptors (Lipinski definition) is 3. The van der Waals surface area contributed by atoms with Crippen LogP contribution in [0.4, 0.5) is 0 Å². The summed E-state index contributed by atoms with van der Waals surface area (Å²) in [5.74, 6) is -0.149. The van der Waals surface area contributed by atoms with Crippen LogP contribution < -0.4 is 0 Å². The van der Waals surface area contributed by atoms with Crippen molar-refractivity contribution in [1.29, 1.82) is 0 Å². The standard InChI is InChI=1S/C11H19NO3/c1-3-10(13)12-7-5-6-9(8-12)11(14)15-4-2/h9H,3-8H2,1-2H3/t9-/m1/s1. The van der Waals surface area contributed by atoms with Crippen LogP contribution in [-0.2, 0) is 14.3 Å². The van der Waals surface area contributed by atoms with Crippen LogP contribution in [0.3, 0.4) is 0 Å². The lowest BCUT2D eigenvalue weighted by Gasteiger charge is -2.31. The van der Waals surface area contributed by atoms with E-state index in [0.717, 1.165) is 19.4 Å². The van der Waals surface area contributed by atoms with Gasteiger partial charge in [0.15, 0.2) is 0 Å². The number of piperidine rings is 1. The van der Waals surface area contributed by atoms with Gasteiger partial charge in [-0.1, -0.05) is 6.92 Å². The van der Waals surface area contributed by atoms with Gasteiger partial charge in [-0.05, 0) is 19.8 Å². The molecule has 0 N–H and O–H groups in total. The summed E-state index contributed by atoms with van der Waals surface area (Å²) < 4.78 is 4.97. The van der Waals surface area contributed by atoms with Gasteiger partial charge in [-0.25, -0.2) is 0 Å². The van der Waals surface area contributed by atoms with Crippen molar-refractivity contribution in [2.45, 2.75) is 33.1 Å². The zero-order valence-electron chi connectivity index (χ0n) is 9.49. The molecule has 1 heterocycles. The molecular weight excluding hydrogens is 194 g/mol. The Labute approximate surface area is 90.6 Å². The molecule has 1 aliphatic heterocycles. The molecule has 0 unspecified atom stereocenters. The second-order valence-corrected chi connectivity index (χ2v) is 3.78. The maximum Gasteiger partial charge on any atom is 0.310 e. The number of amides is 1. The van der Waals surface area contributed by atoms with Crippen LogP contribution in [0.2, 0.25) is 0 Å². The quantitative estimate of drug-likeness (QED) is 0.662. The van der Waals surface area contributed by atoms with Gasteiger partial charge >= 0.3 is 5.97 Å². The average Bonchev–Trinajstić information content (AvgIpc) is 2.28. The molecule has 86 valence electrons. The van der Waals surface area contributed by atoms with Crippen LogP contribution in [0.1, 0.15) is 33.1 Å². The molecule has 1 fully saturated rings. The van der Waals surface area contributed by atoms with Crippen LogP contribution in [0.15, 0.2) is 0 Å². The first-order chi connectivity index (χ1) is 7.19. The van der Waals surface area contributed by atoms with Crippen molar-refractivity contribution in [2.24, 2.45) is 5.92 Å². The minimum Gasteiger partial charge on any atom is -0.466 e. The number of carbonyl (C=O) groups excluding carboxylic acids is 2. The molecule has 0 aromatic heterocycles. The molecule has 0 aliphatic carbocycles. The van der Waals surface area contributed by atoms with E-state index in [9.17, 15) is 9.59 Å². The predicted octanol–water partition coefficient (Wildman–Crippen LogP) is 1.20. The molecular formula is C11H19NO3. The highest BCUT2D eigenvalue weighted by atomic mass is 16.5. The van der Waals surface area contributed by atoms with Gasteiger partial charge in [0.25, 0.3) is 0 Å². The first kappa shape index (κ1) is 12.0. The van der Waals surface area contributed by atoms with Gasteiger partial charge in [-0.15, -0.1) is 0 Å². The van der Waals surface area contributed by atoms with Crippen LogP contribution >= 0.6 is 0 Å². The van der Waals surface area contributed by atoms with Gasteiger partial charge in [0.1, 0.15) is 0 Å². The van der Waals surface area contributed by atoms with Crippen LogP contribution in [-0.4, -0.2) is 36.5 Å². The molecule has 0 spiro atoms. The van der Waals surface area contributed by atoms with Gasteiger partial charge in [-0.3, -0.25) is 9.59 Å². The topological polar surface area (TPSA) is 46.6 Å². The Morgan fingerprint density at radius 1 is 1.40 bits per heavy atom. The van der Waals surface area contributed by atoms with Gasteiger partial charge in [0, 0.05) is 19.5 Å². The molecule has 1 aliphatic rings. The smallest absolute Gasteiger partial charge is 0.310 e. The van der Waals surface area contributed by atoms with Crippen LogP contribution in [0.5, 0.6) is 0 Å². The molecule has 4 nitrogen and oxygen atoms in total. The molecule has 1 rings (SSSR count). The lowest BCUT2D eigenvalue weighted by atomic mass is 9.98. The van der Waals surface area contributed by atoms with Gasteiger partial charge in [-0.2, -0.15) is 0 Å². The molecule has 0 aromatic rings. The van der Waals surface area contributed by atoms with Crippen molar-refractivity contribution >= 4 is 11.9 Å². The molecule has 0 aromatic carbocycles. The number of likely N-dealkylation sites (tertiary alicyclic amines) is 1. The van der Waals surface area contributed by atoms with Crippen LogP contribution in [0.25, 0.3) is 0 Å². The first-order valence-electron chi connectivity index (χ1n) is 5.63. The Hall–Kier alpha value is -1.06.